The van der Waals surface area contributed by atoms with Crippen LogP contribution in [0.15, 0.2) is 36.4 Å². The van der Waals surface area contributed by atoms with Gasteiger partial charge in [-0.2, -0.15) is 26.3 Å². The van der Waals surface area contributed by atoms with Gasteiger partial charge in [-0.05, 0) is 62.1 Å². The van der Waals surface area contributed by atoms with Crippen molar-refractivity contribution in [2.45, 2.75) is 44.0 Å². The molecule has 0 aliphatic heterocycles. The van der Waals surface area contributed by atoms with Crippen LogP contribution in [0.2, 0.25) is 5.02 Å². The highest BCUT2D eigenvalue weighted by Gasteiger charge is 2.58. The van der Waals surface area contributed by atoms with Crippen LogP contribution in [0, 0.1) is 11.2 Å². The third-order valence-corrected chi connectivity index (χ3v) is 8.23. The molecule has 2 aliphatic carbocycles. The molecule has 42 heavy (non-hydrogen) atoms. The Balaban J connectivity index is 1.60. The molecule has 0 atom stereocenters. The van der Waals surface area contributed by atoms with E-state index in [4.69, 9.17) is 17.3 Å². The van der Waals surface area contributed by atoms with E-state index in [9.17, 15) is 45.1 Å². The quantitative estimate of drug-likeness (QED) is 0.215. The summed E-state index contributed by atoms with van der Waals surface area (Å²) >= 11 is 6.54. The molecule has 222 valence electrons. The summed E-state index contributed by atoms with van der Waals surface area (Å²) in [6.07, 6.45) is -8.63. The number of aromatic nitrogens is 1. The fraction of sp³-hybridized carbons (Fsp3) is 0.308. The van der Waals surface area contributed by atoms with E-state index in [1.54, 1.807) is 0 Å². The van der Waals surface area contributed by atoms with Crippen LogP contribution in [0.1, 0.15) is 58.1 Å². The van der Waals surface area contributed by atoms with Gasteiger partial charge in [0.1, 0.15) is 16.1 Å². The molecule has 1 heterocycles. The number of rotatable bonds is 7. The molecule has 2 saturated carbocycles. The van der Waals surface area contributed by atoms with Crippen LogP contribution in [0.3, 0.4) is 0 Å². The number of hydrogen-bond donors (Lipinski definition) is 2. The fourth-order valence-electron chi connectivity index (χ4n) is 4.27. The van der Waals surface area contributed by atoms with Gasteiger partial charge in [-0.15, -0.1) is 0 Å². The van der Waals surface area contributed by atoms with Crippen LogP contribution < -0.4 is 16.0 Å². The molecule has 5 rings (SSSR count). The van der Waals surface area contributed by atoms with Crippen LogP contribution in [-0.2, 0) is 21.9 Å². The number of anilines is 3. The maximum Gasteiger partial charge on any atom is 0.416 e. The summed E-state index contributed by atoms with van der Waals surface area (Å²) in [4.78, 5) is 43.9. The monoisotopic (exact) mass is 634 g/mol. The van der Waals surface area contributed by atoms with E-state index < -0.39 is 58.1 Å². The van der Waals surface area contributed by atoms with Crippen LogP contribution in [0.5, 0.6) is 0 Å². The molecule has 3 N–H and O–H groups in total. The third kappa shape index (κ3) is 5.67. The van der Waals surface area contributed by atoms with Gasteiger partial charge in [-0.3, -0.25) is 19.3 Å². The van der Waals surface area contributed by atoms with Crippen molar-refractivity contribution in [1.29, 1.82) is 0 Å². The Kier molecular flexibility index (Phi) is 7.24. The lowest BCUT2D eigenvalue weighted by Crippen LogP contribution is -2.41. The number of benzene rings is 2. The van der Waals surface area contributed by atoms with Crippen molar-refractivity contribution >= 4 is 57.2 Å². The largest absolute Gasteiger partial charge is 0.416 e. The highest BCUT2D eigenvalue weighted by molar-refractivity contribution is 7.18. The summed E-state index contributed by atoms with van der Waals surface area (Å²) in [5.74, 6) is -4.68. The summed E-state index contributed by atoms with van der Waals surface area (Å²) in [6.45, 7) is 0. The molecule has 0 saturated heterocycles. The van der Waals surface area contributed by atoms with Crippen molar-refractivity contribution in [3.8, 4) is 0 Å². The maximum absolute atomic E-state index is 14.4. The molecule has 0 radical (unpaired) electrons. The second kappa shape index (κ2) is 10.2. The van der Waals surface area contributed by atoms with Crippen molar-refractivity contribution in [1.82, 2.24) is 4.98 Å². The SMILES string of the molecule is NC(=O)C1(C(=O)N(c2cc(F)cc(C(F)(F)F)c2)c2nc(C3CC3)c(C(=O)Nc3cc(C(F)(F)F)ccc3Cl)s2)CC1. The number of amides is 3. The summed E-state index contributed by atoms with van der Waals surface area (Å²) in [6, 6.07) is 3.67. The van der Waals surface area contributed by atoms with Crippen LogP contribution in [-0.4, -0.2) is 22.7 Å². The minimum atomic E-state index is -5.00. The van der Waals surface area contributed by atoms with E-state index in [1.165, 1.54) is 0 Å². The van der Waals surface area contributed by atoms with E-state index in [0.717, 1.165) is 12.1 Å². The molecule has 1 aromatic heterocycles. The minimum absolute atomic E-state index is 0.0125. The van der Waals surface area contributed by atoms with E-state index in [0.29, 0.717) is 47.3 Å². The smallest absolute Gasteiger partial charge is 0.369 e. The van der Waals surface area contributed by atoms with Crippen LogP contribution in [0.25, 0.3) is 0 Å². The summed E-state index contributed by atoms with van der Waals surface area (Å²) in [7, 11) is 0. The molecule has 0 spiro atoms. The van der Waals surface area contributed by atoms with Gasteiger partial charge in [-0.25, -0.2) is 9.37 Å². The zero-order valence-electron chi connectivity index (χ0n) is 21.0. The first-order valence-corrected chi connectivity index (χ1v) is 13.4. The summed E-state index contributed by atoms with van der Waals surface area (Å²) < 4.78 is 94.7. The Labute approximate surface area is 241 Å². The summed E-state index contributed by atoms with van der Waals surface area (Å²) in [5.41, 5.74) is 0.301. The van der Waals surface area contributed by atoms with Gasteiger partial charge < -0.3 is 11.1 Å². The Bertz CT molecular complexity index is 1610. The highest BCUT2D eigenvalue weighted by atomic mass is 35.5. The first-order chi connectivity index (χ1) is 19.5. The normalized spacial score (nSPS) is 16.2. The molecule has 16 heteroatoms. The number of alkyl halides is 6. The van der Waals surface area contributed by atoms with E-state index >= 15 is 0 Å². The van der Waals surface area contributed by atoms with Gasteiger partial charge >= 0.3 is 12.4 Å². The van der Waals surface area contributed by atoms with Gasteiger partial charge in [0.15, 0.2) is 5.13 Å². The summed E-state index contributed by atoms with van der Waals surface area (Å²) in [5, 5.41) is 1.74. The first kappa shape index (κ1) is 29.8. The number of primary amides is 1. The predicted octanol–water partition coefficient (Wildman–Crippen LogP) is 7.03. The second-order valence-electron chi connectivity index (χ2n) is 9.91. The average Bonchev–Trinajstić information content (AvgIpc) is 3.81. The minimum Gasteiger partial charge on any atom is -0.369 e. The number of carbonyl (C=O) groups excluding carboxylic acids is 3. The van der Waals surface area contributed by atoms with E-state index in [1.807, 2.05) is 0 Å². The number of carbonyl (C=O) groups is 3. The lowest BCUT2D eigenvalue weighted by Gasteiger charge is -2.24. The Morgan fingerprint density at radius 1 is 1.00 bits per heavy atom. The highest BCUT2D eigenvalue weighted by Crippen LogP contribution is 2.51. The Morgan fingerprint density at radius 3 is 2.19 bits per heavy atom. The van der Waals surface area contributed by atoms with Crippen molar-refractivity contribution in [3.63, 3.8) is 0 Å². The maximum atomic E-state index is 14.4. The Morgan fingerprint density at radius 2 is 1.64 bits per heavy atom. The number of thiazole rings is 1. The van der Waals surface area contributed by atoms with Crippen molar-refractivity contribution < 1.29 is 45.1 Å². The number of nitrogens with two attached hydrogens (primary N) is 1. The predicted molar refractivity (Wildman–Crippen MR) is 138 cm³/mol. The van der Waals surface area contributed by atoms with Crippen LogP contribution >= 0.6 is 22.9 Å². The van der Waals surface area contributed by atoms with Crippen molar-refractivity contribution in [3.05, 3.63) is 68.9 Å². The Hall–Kier alpha value is -3.72. The van der Waals surface area contributed by atoms with Crippen LogP contribution in [0.4, 0.5) is 47.2 Å². The second-order valence-corrected chi connectivity index (χ2v) is 11.3. The molecule has 2 aromatic carbocycles. The molecule has 0 unspecified atom stereocenters. The topological polar surface area (TPSA) is 105 Å². The first-order valence-electron chi connectivity index (χ1n) is 12.2. The molecular formula is C26H18ClF7N4O3S. The molecule has 7 nitrogen and oxygen atoms in total. The molecule has 2 fully saturated rings. The van der Waals surface area contributed by atoms with E-state index in [-0.39, 0.29) is 51.2 Å². The molecule has 0 bridgehead atoms. The van der Waals surface area contributed by atoms with Gasteiger partial charge in [0.2, 0.25) is 11.8 Å². The lowest BCUT2D eigenvalue weighted by atomic mass is 10.0. The molecule has 3 amide bonds. The molecule has 2 aliphatic rings. The standard InChI is InChI=1S/C26H18ClF7N4O3S/c27-16-4-3-12(25(29,30)31)9-17(16)36-20(39)19-18(11-1-2-11)37-23(42-19)38(22(41)24(5-6-24)21(35)40)15-8-13(26(32,33)34)7-14(28)10-15/h3-4,7-11H,1-2,5-6H2,(H2,35,40)(H,36,39). The molecule has 3 aromatic rings. The lowest BCUT2D eigenvalue weighted by molar-refractivity contribution is -0.138. The van der Waals surface area contributed by atoms with Gasteiger partial charge in [0.25, 0.3) is 5.91 Å². The number of nitrogens with zero attached hydrogens (tertiary/aromatic N) is 2. The average molecular weight is 635 g/mol. The number of nitrogens with one attached hydrogen (secondary N) is 1. The number of hydrogen-bond acceptors (Lipinski definition) is 5. The number of halogens is 8. The molecular weight excluding hydrogens is 617 g/mol. The van der Waals surface area contributed by atoms with Crippen molar-refractivity contribution in [2.24, 2.45) is 11.1 Å². The zero-order chi connectivity index (χ0) is 30.8. The van der Waals surface area contributed by atoms with Gasteiger partial charge in [0, 0.05) is 5.92 Å². The van der Waals surface area contributed by atoms with Crippen molar-refractivity contribution in [2.75, 3.05) is 10.2 Å². The van der Waals surface area contributed by atoms with E-state index in [2.05, 4.69) is 10.3 Å². The van der Waals surface area contributed by atoms with Gasteiger partial charge in [0.05, 0.1) is 33.2 Å². The third-order valence-electron chi connectivity index (χ3n) is 6.85. The fourth-order valence-corrected chi connectivity index (χ4v) is 5.51. The van der Waals surface area contributed by atoms with Gasteiger partial charge in [-0.1, -0.05) is 22.9 Å². The zero-order valence-corrected chi connectivity index (χ0v) is 22.6.